The number of amides is 2. The van der Waals surface area contributed by atoms with Crippen molar-refractivity contribution in [3.63, 3.8) is 0 Å². The first kappa shape index (κ1) is 17.8. The van der Waals surface area contributed by atoms with Crippen molar-refractivity contribution in [2.24, 2.45) is 0 Å². The molecule has 6 heteroatoms. The van der Waals surface area contributed by atoms with Crippen LogP contribution in [0.15, 0.2) is 0 Å². The first-order chi connectivity index (χ1) is 10.0. The molecule has 0 bridgehead atoms. The van der Waals surface area contributed by atoms with Crippen molar-refractivity contribution in [2.75, 3.05) is 33.2 Å². The maximum Gasteiger partial charge on any atom is 0.317 e. The molecular formula is C15H29N3O3. The fourth-order valence-electron chi connectivity index (χ4n) is 2.73. The molecule has 1 fully saturated rings. The quantitative estimate of drug-likeness (QED) is 0.703. The van der Waals surface area contributed by atoms with E-state index in [0.717, 1.165) is 45.3 Å². The number of rotatable bonds is 7. The summed E-state index contributed by atoms with van der Waals surface area (Å²) in [5.41, 5.74) is 0. The second kappa shape index (κ2) is 9.60. The monoisotopic (exact) mass is 299 g/mol. The van der Waals surface area contributed by atoms with Crippen LogP contribution in [0.2, 0.25) is 0 Å². The molecule has 1 aliphatic heterocycles. The van der Waals surface area contributed by atoms with Gasteiger partial charge in [0.25, 0.3) is 0 Å². The number of nitrogens with zero attached hydrogens (tertiary/aromatic N) is 2. The number of nitrogens with one attached hydrogen (secondary N) is 1. The zero-order chi connectivity index (χ0) is 15.7. The van der Waals surface area contributed by atoms with Gasteiger partial charge in [-0.15, -0.1) is 0 Å². The Balaban J connectivity index is 2.27. The minimum Gasteiger partial charge on any atom is -0.481 e. The number of hydrogen-bond donors (Lipinski definition) is 2. The van der Waals surface area contributed by atoms with Gasteiger partial charge in [0.05, 0.1) is 0 Å². The molecular weight excluding hydrogens is 270 g/mol. The van der Waals surface area contributed by atoms with Crippen LogP contribution < -0.4 is 5.32 Å². The van der Waals surface area contributed by atoms with Crippen LogP contribution in [0.5, 0.6) is 0 Å². The normalized spacial score (nSPS) is 20.1. The molecule has 1 rings (SSSR count). The van der Waals surface area contributed by atoms with Gasteiger partial charge in [0.2, 0.25) is 0 Å². The number of likely N-dealkylation sites (N-methyl/N-ethyl adjacent to an activating group) is 1. The molecule has 0 radical (unpaired) electrons. The lowest BCUT2D eigenvalue weighted by molar-refractivity contribution is -0.137. The van der Waals surface area contributed by atoms with Gasteiger partial charge in [-0.25, -0.2) is 4.79 Å². The summed E-state index contributed by atoms with van der Waals surface area (Å²) in [5.74, 6) is -0.751. The Morgan fingerprint density at radius 3 is 2.67 bits per heavy atom. The summed E-state index contributed by atoms with van der Waals surface area (Å²) in [7, 11) is 2.10. The van der Waals surface area contributed by atoms with E-state index >= 15 is 0 Å². The predicted octanol–water partition coefficient (Wildman–Crippen LogP) is 1.76. The molecule has 1 unspecified atom stereocenters. The van der Waals surface area contributed by atoms with Crippen LogP contribution in [-0.4, -0.2) is 66.2 Å². The maximum atomic E-state index is 12.3. The van der Waals surface area contributed by atoms with E-state index in [1.807, 2.05) is 4.90 Å². The molecule has 0 aliphatic carbocycles. The molecule has 0 aromatic rings. The first-order valence-electron chi connectivity index (χ1n) is 7.99. The van der Waals surface area contributed by atoms with Crippen molar-refractivity contribution in [3.05, 3.63) is 0 Å². The highest BCUT2D eigenvalue weighted by molar-refractivity contribution is 5.74. The minimum absolute atomic E-state index is 0.0235. The van der Waals surface area contributed by atoms with E-state index < -0.39 is 5.97 Å². The summed E-state index contributed by atoms with van der Waals surface area (Å²) in [6.45, 7) is 5.53. The standard InChI is InChI=1S/C15H29N3O3/c1-3-13-12-17(2)10-7-11-18(13)15(21)16-9-6-4-5-8-14(19)20/h13H,3-12H2,1-2H3,(H,16,21)(H,19,20). The summed E-state index contributed by atoms with van der Waals surface area (Å²) in [5, 5.41) is 11.5. The highest BCUT2D eigenvalue weighted by atomic mass is 16.4. The highest BCUT2D eigenvalue weighted by Crippen LogP contribution is 2.12. The third kappa shape index (κ3) is 6.80. The van der Waals surface area contributed by atoms with Gasteiger partial charge in [-0.2, -0.15) is 0 Å². The fraction of sp³-hybridized carbons (Fsp3) is 0.867. The van der Waals surface area contributed by atoms with E-state index in [-0.39, 0.29) is 18.5 Å². The maximum absolute atomic E-state index is 12.3. The van der Waals surface area contributed by atoms with Gasteiger partial charge < -0.3 is 20.2 Å². The smallest absolute Gasteiger partial charge is 0.317 e. The number of carbonyl (C=O) groups excluding carboxylic acids is 1. The summed E-state index contributed by atoms with van der Waals surface area (Å²) >= 11 is 0. The van der Waals surface area contributed by atoms with Crippen LogP contribution >= 0.6 is 0 Å². The summed E-state index contributed by atoms with van der Waals surface area (Å²) < 4.78 is 0. The lowest BCUT2D eigenvalue weighted by Crippen LogP contribution is -2.48. The van der Waals surface area contributed by atoms with E-state index in [2.05, 4.69) is 24.2 Å². The number of carboxylic acids is 1. The minimum atomic E-state index is -0.751. The largest absolute Gasteiger partial charge is 0.481 e. The van der Waals surface area contributed by atoms with Crippen LogP contribution in [0.25, 0.3) is 0 Å². The van der Waals surface area contributed by atoms with Gasteiger partial charge in [-0.3, -0.25) is 4.79 Å². The Morgan fingerprint density at radius 2 is 2.00 bits per heavy atom. The Kier molecular flexibility index (Phi) is 8.12. The summed E-state index contributed by atoms with van der Waals surface area (Å²) in [4.78, 5) is 26.9. The zero-order valence-electron chi connectivity index (χ0n) is 13.3. The van der Waals surface area contributed by atoms with E-state index in [1.165, 1.54) is 0 Å². The summed E-state index contributed by atoms with van der Waals surface area (Å²) in [6, 6.07) is 0.305. The molecule has 0 aromatic carbocycles. The summed E-state index contributed by atoms with van der Waals surface area (Å²) in [6.07, 6.45) is 4.55. The second-order valence-electron chi connectivity index (χ2n) is 5.81. The molecule has 1 saturated heterocycles. The highest BCUT2D eigenvalue weighted by Gasteiger charge is 2.25. The fourth-order valence-corrected chi connectivity index (χ4v) is 2.73. The van der Waals surface area contributed by atoms with Gasteiger partial charge >= 0.3 is 12.0 Å². The molecule has 1 atom stereocenters. The number of urea groups is 1. The van der Waals surface area contributed by atoms with Gasteiger partial charge in [-0.1, -0.05) is 13.3 Å². The Bertz CT molecular complexity index is 336. The van der Waals surface area contributed by atoms with Crippen LogP contribution in [0.3, 0.4) is 0 Å². The third-order valence-corrected chi connectivity index (χ3v) is 3.98. The molecule has 2 amide bonds. The van der Waals surface area contributed by atoms with Gasteiger partial charge in [0.1, 0.15) is 0 Å². The van der Waals surface area contributed by atoms with Gasteiger partial charge in [0, 0.05) is 32.1 Å². The molecule has 1 aliphatic rings. The van der Waals surface area contributed by atoms with Crippen molar-refractivity contribution in [2.45, 2.75) is 51.5 Å². The molecule has 0 spiro atoms. The SMILES string of the molecule is CCC1CN(C)CCCN1C(=O)NCCCCCC(=O)O. The molecule has 0 aromatic heterocycles. The number of hydrogen-bond acceptors (Lipinski definition) is 3. The van der Waals surface area contributed by atoms with Gasteiger partial charge in [-0.05, 0) is 39.3 Å². The van der Waals surface area contributed by atoms with Crippen molar-refractivity contribution >= 4 is 12.0 Å². The van der Waals surface area contributed by atoms with Crippen molar-refractivity contribution < 1.29 is 14.7 Å². The Labute approximate surface area is 127 Å². The first-order valence-corrected chi connectivity index (χ1v) is 7.99. The zero-order valence-corrected chi connectivity index (χ0v) is 13.3. The van der Waals surface area contributed by atoms with E-state index in [1.54, 1.807) is 0 Å². The van der Waals surface area contributed by atoms with E-state index in [9.17, 15) is 9.59 Å². The second-order valence-corrected chi connectivity index (χ2v) is 5.81. The number of carboxylic acid groups (broad SMARTS) is 1. The lowest BCUT2D eigenvalue weighted by atomic mass is 10.2. The molecule has 1 heterocycles. The molecule has 122 valence electrons. The van der Waals surface area contributed by atoms with E-state index in [4.69, 9.17) is 5.11 Å². The van der Waals surface area contributed by atoms with Crippen LogP contribution in [0.1, 0.15) is 45.4 Å². The third-order valence-electron chi connectivity index (χ3n) is 3.98. The molecule has 6 nitrogen and oxygen atoms in total. The number of unbranched alkanes of at least 4 members (excludes halogenated alkanes) is 2. The van der Waals surface area contributed by atoms with Crippen molar-refractivity contribution in [3.8, 4) is 0 Å². The van der Waals surface area contributed by atoms with Crippen LogP contribution in [0.4, 0.5) is 4.79 Å². The number of aliphatic carboxylic acids is 1. The molecule has 0 saturated carbocycles. The lowest BCUT2D eigenvalue weighted by Gasteiger charge is -2.30. The Hall–Kier alpha value is -1.30. The predicted molar refractivity (Wildman–Crippen MR) is 82.4 cm³/mol. The van der Waals surface area contributed by atoms with Crippen molar-refractivity contribution in [1.82, 2.24) is 15.1 Å². The van der Waals surface area contributed by atoms with Crippen molar-refractivity contribution in [1.29, 1.82) is 0 Å². The number of carbonyl (C=O) groups is 2. The average Bonchev–Trinajstić information content (AvgIpc) is 2.63. The molecule has 2 N–H and O–H groups in total. The van der Waals surface area contributed by atoms with Gasteiger partial charge in [0.15, 0.2) is 0 Å². The Morgan fingerprint density at radius 1 is 1.24 bits per heavy atom. The average molecular weight is 299 g/mol. The topological polar surface area (TPSA) is 72.9 Å². The molecule has 21 heavy (non-hydrogen) atoms. The van der Waals surface area contributed by atoms with E-state index in [0.29, 0.717) is 13.0 Å². The van der Waals surface area contributed by atoms with Crippen LogP contribution in [0, 0.1) is 0 Å². The van der Waals surface area contributed by atoms with Crippen LogP contribution in [-0.2, 0) is 4.79 Å².